The van der Waals surface area contributed by atoms with E-state index in [2.05, 4.69) is 30.2 Å². The summed E-state index contributed by atoms with van der Waals surface area (Å²) in [5.41, 5.74) is 4.65. The van der Waals surface area contributed by atoms with Gasteiger partial charge in [0.25, 0.3) is 0 Å². The molecule has 1 aromatic carbocycles. The summed E-state index contributed by atoms with van der Waals surface area (Å²) in [5.74, 6) is 1.13. The van der Waals surface area contributed by atoms with Gasteiger partial charge in [-0.2, -0.15) is 0 Å². The van der Waals surface area contributed by atoms with Gasteiger partial charge in [-0.05, 0) is 30.5 Å². The highest BCUT2D eigenvalue weighted by molar-refractivity contribution is 5.92. The number of aromatic nitrogens is 2. The van der Waals surface area contributed by atoms with Crippen molar-refractivity contribution in [1.82, 2.24) is 10.1 Å². The Labute approximate surface area is 123 Å². The quantitative estimate of drug-likeness (QED) is 0.724. The van der Waals surface area contributed by atoms with Crippen LogP contribution in [0.25, 0.3) is 22.2 Å². The molecule has 0 bridgehead atoms. The summed E-state index contributed by atoms with van der Waals surface area (Å²) in [7, 11) is 1.67. The molecule has 0 amide bonds. The first-order valence-electron chi connectivity index (χ1n) is 6.93. The number of rotatable bonds is 3. The molecule has 0 N–H and O–H groups in total. The molecule has 0 aliphatic carbocycles. The van der Waals surface area contributed by atoms with E-state index in [0.717, 1.165) is 39.0 Å². The Balaban J connectivity index is 2.29. The first-order chi connectivity index (χ1) is 10.1. The van der Waals surface area contributed by atoms with Crippen molar-refractivity contribution in [3.63, 3.8) is 0 Å². The number of hydrogen-bond acceptors (Lipinski definition) is 4. The van der Waals surface area contributed by atoms with E-state index in [0.29, 0.717) is 5.92 Å². The highest BCUT2D eigenvalue weighted by atomic mass is 16.5. The Hall–Kier alpha value is -2.36. The van der Waals surface area contributed by atoms with E-state index >= 15 is 0 Å². The van der Waals surface area contributed by atoms with Crippen LogP contribution in [-0.2, 0) is 0 Å². The Morgan fingerprint density at radius 2 is 2.10 bits per heavy atom. The summed E-state index contributed by atoms with van der Waals surface area (Å²) in [6.45, 7) is 6.26. The van der Waals surface area contributed by atoms with Crippen molar-refractivity contribution in [3.05, 3.63) is 41.8 Å². The highest BCUT2D eigenvalue weighted by Gasteiger charge is 2.18. The summed E-state index contributed by atoms with van der Waals surface area (Å²) in [5, 5.41) is 5.14. The Bertz CT molecular complexity index is 791. The van der Waals surface area contributed by atoms with Crippen molar-refractivity contribution in [3.8, 4) is 17.0 Å². The molecule has 2 heterocycles. The number of methoxy groups -OCH3 is 1. The van der Waals surface area contributed by atoms with Crippen LogP contribution in [0.15, 0.2) is 29.0 Å². The van der Waals surface area contributed by atoms with Gasteiger partial charge < -0.3 is 9.26 Å². The molecular formula is C17H17N2O2. The monoisotopic (exact) mass is 281 g/mol. The molecule has 0 aliphatic heterocycles. The Morgan fingerprint density at radius 1 is 1.29 bits per heavy atom. The summed E-state index contributed by atoms with van der Waals surface area (Å²) in [6, 6.07) is 5.82. The van der Waals surface area contributed by atoms with Crippen LogP contribution in [-0.4, -0.2) is 17.3 Å². The molecule has 107 valence electrons. The van der Waals surface area contributed by atoms with Gasteiger partial charge >= 0.3 is 0 Å². The van der Waals surface area contributed by atoms with Gasteiger partial charge in [-0.1, -0.05) is 25.1 Å². The minimum atomic E-state index is 0.326. The van der Waals surface area contributed by atoms with Crippen LogP contribution >= 0.6 is 0 Å². The van der Waals surface area contributed by atoms with Crippen LogP contribution in [0, 0.1) is 13.1 Å². The number of fused-ring (bicyclic) bond motifs is 1. The smallest absolute Gasteiger partial charge is 0.128 e. The topological polar surface area (TPSA) is 48.2 Å². The van der Waals surface area contributed by atoms with Crippen LogP contribution in [0.5, 0.6) is 5.75 Å². The number of pyridine rings is 1. The van der Waals surface area contributed by atoms with Crippen LogP contribution in [0.3, 0.4) is 0 Å². The maximum atomic E-state index is 5.46. The number of nitrogens with zero attached hydrogens (tertiary/aromatic N) is 2. The lowest BCUT2D eigenvalue weighted by molar-refractivity contribution is 0.419. The third-order valence-electron chi connectivity index (χ3n) is 3.72. The average molecular weight is 281 g/mol. The first-order valence-corrected chi connectivity index (χ1v) is 6.93. The standard InChI is InChI=1S/C17H17N2O2/c1-10(2)13-9-21-19-17(13)12-8-18-14-6-5-7-15(20-4)16(14)11(12)3/h5-7,9-10H,1-4H3. The molecule has 0 fully saturated rings. The molecule has 0 saturated heterocycles. The molecule has 4 heteroatoms. The lowest BCUT2D eigenvalue weighted by Crippen LogP contribution is -1.96. The van der Waals surface area contributed by atoms with Crippen molar-refractivity contribution in [2.45, 2.75) is 26.7 Å². The van der Waals surface area contributed by atoms with Gasteiger partial charge in [0.1, 0.15) is 17.7 Å². The predicted molar refractivity (Wildman–Crippen MR) is 81.5 cm³/mol. The van der Waals surface area contributed by atoms with Crippen molar-refractivity contribution in [1.29, 1.82) is 0 Å². The van der Waals surface area contributed by atoms with E-state index < -0.39 is 0 Å². The molecule has 2 aromatic heterocycles. The predicted octanol–water partition coefficient (Wildman–Crippen LogP) is 4.13. The number of benzene rings is 1. The van der Waals surface area contributed by atoms with Gasteiger partial charge in [0.15, 0.2) is 0 Å². The third-order valence-corrected chi connectivity index (χ3v) is 3.72. The van der Waals surface area contributed by atoms with Crippen molar-refractivity contribution in [2.24, 2.45) is 0 Å². The Morgan fingerprint density at radius 3 is 2.81 bits per heavy atom. The molecule has 0 saturated carbocycles. The van der Waals surface area contributed by atoms with Gasteiger partial charge in [-0.3, -0.25) is 0 Å². The fraction of sp³-hybridized carbons (Fsp3) is 0.294. The van der Waals surface area contributed by atoms with Gasteiger partial charge in [-0.15, -0.1) is 0 Å². The van der Waals surface area contributed by atoms with E-state index in [4.69, 9.17) is 9.26 Å². The zero-order valence-electron chi connectivity index (χ0n) is 12.6. The molecular weight excluding hydrogens is 264 g/mol. The zero-order chi connectivity index (χ0) is 15.0. The van der Waals surface area contributed by atoms with Crippen LogP contribution in [0.1, 0.15) is 30.9 Å². The third kappa shape index (κ3) is 2.17. The maximum Gasteiger partial charge on any atom is 0.128 e. The second-order valence-corrected chi connectivity index (χ2v) is 5.35. The van der Waals surface area contributed by atoms with E-state index in [-0.39, 0.29) is 0 Å². The summed E-state index contributed by atoms with van der Waals surface area (Å²) < 4.78 is 10.6. The van der Waals surface area contributed by atoms with Crippen LogP contribution in [0.2, 0.25) is 0 Å². The minimum Gasteiger partial charge on any atom is -0.496 e. The van der Waals surface area contributed by atoms with Crippen molar-refractivity contribution < 1.29 is 9.26 Å². The first kappa shape index (κ1) is 13.6. The van der Waals surface area contributed by atoms with Crippen molar-refractivity contribution in [2.75, 3.05) is 7.11 Å². The Kier molecular flexibility index (Phi) is 3.37. The molecule has 0 aliphatic rings. The summed E-state index contributed by atoms with van der Waals surface area (Å²) in [4.78, 5) is 4.42. The number of aryl methyl sites for hydroxylation is 1. The SMILES string of the molecule is COc1cccc2n[c]c(-c3nocc3C(C)C)c(C)c12. The molecule has 0 spiro atoms. The second kappa shape index (κ2) is 5.20. The van der Waals surface area contributed by atoms with E-state index in [1.807, 2.05) is 25.1 Å². The van der Waals surface area contributed by atoms with Gasteiger partial charge in [0.2, 0.25) is 0 Å². The zero-order valence-corrected chi connectivity index (χ0v) is 12.6. The summed E-state index contributed by atoms with van der Waals surface area (Å²) >= 11 is 0. The molecule has 3 rings (SSSR count). The van der Waals surface area contributed by atoms with E-state index in [1.54, 1.807) is 13.4 Å². The fourth-order valence-electron chi connectivity index (χ4n) is 2.56. The number of hydrogen-bond donors (Lipinski definition) is 0. The minimum absolute atomic E-state index is 0.326. The lowest BCUT2D eigenvalue weighted by Gasteiger charge is -2.11. The highest BCUT2D eigenvalue weighted by Crippen LogP contribution is 2.35. The molecule has 1 radical (unpaired) electrons. The van der Waals surface area contributed by atoms with Gasteiger partial charge in [0, 0.05) is 16.5 Å². The van der Waals surface area contributed by atoms with Gasteiger partial charge in [-0.25, -0.2) is 4.98 Å². The molecule has 0 atom stereocenters. The van der Waals surface area contributed by atoms with Crippen molar-refractivity contribution >= 4 is 10.9 Å². The summed E-state index contributed by atoms with van der Waals surface area (Å²) in [6.07, 6.45) is 4.79. The molecule has 4 nitrogen and oxygen atoms in total. The molecule has 21 heavy (non-hydrogen) atoms. The molecule has 3 aromatic rings. The molecule has 0 unspecified atom stereocenters. The maximum absolute atomic E-state index is 5.46. The normalized spacial score (nSPS) is 11.3. The number of ether oxygens (including phenoxy) is 1. The van der Waals surface area contributed by atoms with Crippen LogP contribution < -0.4 is 4.74 Å². The fourth-order valence-corrected chi connectivity index (χ4v) is 2.56. The lowest BCUT2D eigenvalue weighted by atomic mass is 9.96. The second-order valence-electron chi connectivity index (χ2n) is 5.35. The van der Waals surface area contributed by atoms with Crippen LogP contribution in [0.4, 0.5) is 0 Å². The van der Waals surface area contributed by atoms with E-state index in [1.165, 1.54) is 0 Å². The largest absolute Gasteiger partial charge is 0.496 e. The van der Waals surface area contributed by atoms with E-state index in [9.17, 15) is 0 Å². The average Bonchev–Trinajstić information content (AvgIpc) is 2.96. The van der Waals surface area contributed by atoms with Gasteiger partial charge in [0.05, 0.1) is 18.8 Å².